The number of unbranched alkanes of at least 4 members (excludes halogenated alkanes) is 1. The zero-order chi connectivity index (χ0) is 22.5. The van der Waals surface area contributed by atoms with Crippen molar-refractivity contribution in [2.45, 2.75) is 25.9 Å². The van der Waals surface area contributed by atoms with E-state index in [1.807, 2.05) is 36.0 Å². The fourth-order valence-corrected chi connectivity index (χ4v) is 3.65. The molecule has 1 amide bonds. The summed E-state index contributed by atoms with van der Waals surface area (Å²) >= 11 is 5.88. The molecule has 0 saturated carbocycles. The molecular formula is C22H24ClN7O2. The minimum Gasteiger partial charge on any atom is -0.450 e. The van der Waals surface area contributed by atoms with E-state index in [1.54, 1.807) is 6.33 Å². The van der Waals surface area contributed by atoms with Crippen LogP contribution in [0.3, 0.4) is 0 Å². The maximum Gasteiger partial charge on any atom is 0.407 e. The number of nitrogen functional groups attached to an aromatic ring is 1. The molecule has 0 spiro atoms. The van der Waals surface area contributed by atoms with E-state index in [1.165, 1.54) is 0 Å². The molecule has 0 aliphatic carbocycles. The van der Waals surface area contributed by atoms with Gasteiger partial charge in [-0.2, -0.15) is 9.97 Å². The Balaban J connectivity index is 1.20. The van der Waals surface area contributed by atoms with Crippen LogP contribution in [0.1, 0.15) is 18.4 Å². The number of nitrogens with two attached hydrogens (primary N) is 1. The molecule has 3 heterocycles. The van der Waals surface area contributed by atoms with E-state index < -0.39 is 6.09 Å². The maximum absolute atomic E-state index is 12.0. The van der Waals surface area contributed by atoms with Crippen LogP contribution in [0.2, 0.25) is 5.28 Å². The van der Waals surface area contributed by atoms with Crippen molar-refractivity contribution >= 4 is 34.7 Å². The lowest BCUT2D eigenvalue weighted by atomic mass is 10.1. The van der Waals surface area contributed by atoms with Gasteiger partial charge < -0.3 is 24.9 Å². The highest BCUT2D eigenvalue weighted by Crippen LogP contribution is 2.20. The molecular weight excluding hydrogens is 430 g/mol. The summed E-state index contributed by atoms with van der Waals surface area (Å²) in [6.07, 6.45) is 4.70. The number of alkyl carbamates (subject to hydrolysis) is 1. The number of aryl methyl sites for hydroxylation is 2. The van der Waals surface area contributed by atoms with Gasteiger partial charge in [0.2, 0.25) is 5.28 Å². The van der Waals surface area contributed by atoms with Crippen LogP contribution in [-0.4, -0.2) is 36.8 Å². The van der Waals surface area contributed by atoms with Crippen molar-refractivity contribution in [1.82, 2.24) is 29.4 Å². The number of amides is 1. The van der Waals surface area contributed by atoms with Gasteiger partial charge in [0, 0.05) is 32.0 Å². The van der Waals surface area contributed by atoms with E-state index in [0.29, 0.717) is 37.3 Å². The molecule has 10 heteroatoms. The average Bonchev–Trinajstić information content (AvgIpc) is 3.38. The van der Waals surface area contributed by atoms with Crippen LogP contribution in [-0.2, 0) is 24.9 Å². The second kappa shape index (κ2) is 9.69. The Hall–Kier alpha value is -3.59. The first kappa shape index (κ1) is 21.6. The molecule has 0 atom stereocenters. The number of carbonyl (C=O) groups is 1. The number of hydrogen-bond acceptors (Lipinski definition) is 6. The number of fused-ring (bicyclic) bond motifs is 1. The lowest BCUT2D eigenvalue weighted by Gasteiger charge is -2.09. The van der Waals surface area contributed by atoms with Crippen LogP contribution in [0.4, 0.5) is 10.6 Å². The number of ether oxygens (including phenoxy) is 1. The van der Waals surface area contributed by atoms with E-state index in [-0.39, 0.29) is 11.1 Å². The van der Waals surface area contributed by atoms with Gasteiger partial charge in [-0.25, -0.2) is 9.78 Å². The lowest BCUT2D eigenvalue weighted by Crippen LogP contribution is -2.24. The van der Waals surface area contributed by atoms with Crippen molar-refractivity contribution in [3.05, 3.63) is 59.8 Å². The maximum atomic E-state index is 12.0. The normalized spacial score (nSPS) is 11.1. The highest BCUT2D eigenvalue weighted by atomic mass is 35.5. The monoisotopic (exact) mass is 453 g/mol. The number of hydrogen-bond donors (Lipinski definition) is 2. The van der Waals surface area contributed by atoms with Crippen molar-refractivity contribution in [2.75, 3.05) is 12.3 Å². The molecule has 0 saturated heterocycles. The van der Waals surface area contributed by atoms with Gasteiger partial charge in [0.1, 0.15) is 5.52 Å². The molecule has 4 aromatic rings. The third kappa shape index (κ3) is 5.00. The first-order chi connectivity index (χ1) is 15.5. The van der Waals surface area contributed by atoms with Crippen molar-refractivity contribution in [2.24, 2.45) is 7.05 Å². The first-order valence-electron chi connectivity index (χ1n) is 10.3. The molecule has 0 radical (unpaired) electrons. The number of nitrogens with one attached hydrogen (secondary N) is 1. The third-order valence-electron chi connectivity index (χ3n) is 5.09. The average molecular weight is 454 g/mol. The molecule has 0 aliphatic heterocycles. The number of imidazole rings is 1. The van der Waals surface area contributed by atoms with Crippen LogP contribution in [0.5, 0.6) is 0 Å². The van der Waals surface area contributed by atoms with Gasteiger partial charge in [-0.3, -0.25) is 0 Å². The van der Waals surface area contributed by atoms with Gasteiger partial charge in [0.05, 0.1) is 12.9 Å². The number of nitrogens with zero attached hydrogens (tertiary/aromatic N) is 5. The lowest BCUT2D eigenvalue weighted by molar-refractivity contribution is 0.143. The molecule has 1 aromatic carbocycles. The van der Waals surface area contributed by atoms with Crippen LogP contribution in [0, 0.1) is 0 Å². The third-order valence-corrected chi connectivity index (χ3v) is 5.26. The zero-order valence-electron chi connectivity index (χ0n) is 17.7. The number of anilines is 1. The fraction of sp³-hybridized carbons (Fsp3) is 0.273. The Morgan fingerprint density at radius 2 is 2.09 bits per heavy atom. The molecule has 3 aromatic heterocycles. The van der Waals surface area contributed by atoms with Crippen molar-refractivity contribution in [3.63, 3.8) is 0 Å². The number of halogens is 1. The Morgan fingerprint density at radius 3 is 2.91 bits per heavy atom. The highest BCUT2D eigenvalue weighted by molar-refractivity contribution is 6.28. The standard InChI is InChI=1S/C22H24ClN7O2/c1-29-9-5-8-17(29)16-7-4-6-15(12-16)13-25-22(31)32-11-3-2-10-30-14-26-18-19(24)27-21(23)28-20(18)30/h4-9,12,14H,2-3,10-11,13H2,1H3,(H,25,31)(H2,24,27,28). The minimum atomic E-state index is -0.436. The van der Waals surface area contributed by atoms with E-state index in [4.69, 9.17) is 22.1 Å². The quantitative estimate of drug-likeness (QED) is 0.310. The summed E-state index contributed by atoms with van der Waals surface area (Å²) in [5.41, 5.74) is 10.2. The van der Waals surface area contributed by atoms with E-state index >= 15 is 0 Å². The van der Waals surface area contributed by atoms with E-state index in [9.17, 15) is 4.79 Å². The summed E-state index contributed by atoms with van der Waals surface area (Å²) in [6.45, 7) is 1.37. The first-order valence-corrected chi connectivity index (χ1v) is 10.6. The van der Waals surface area contributed by atoms with Crippen LogP contribution in [0.25, 0.3) is 22.4 Å². The smallest absolute Gasteiger partial charge is 0.407 e. The molecule has 0 unspecified atom stereocenters. The molecule has 3 N–H and O–H groups in total. The fourth-order valence-electron chi connectivity index (χ4n) is 3.48. The van der Waals surface area contributed by atoms with Gasteiger partial charge in [-0.05, 0) is 53.8 Å². The van der Waals surface area contributed by atoms with Gasteiger partial charge in [0.15, 0.2) is 11.5 Å². The van der Waals surface area contributed by atoms with Crippen molar-refractivity contribution in [1.29, 1.82) is 0 Å². The molecule has 9 nitrogen and oxygen atoms in total. The van der Waals surface area contributed by atoms with Crippen LogP contribution >= 0.6 is 11.6 Å². The molecule has 0 fully saturated rings. The highest BCUT2D eigenvalue weighted by Gasteiger charge is 2.10. The minimum absolute atomic E-state index is 0.0888. The summed E-state index contributed by atoms with van der Waals surface area (Å²) in [5.74, 6) is 0.257. The predicted molar refractivity (Wildman–Crippen MR) is 123 cm³/mol. The van der Waals surface area contributed by atoms with Gasteiger partial charge in [-0.15, -0.1) is 0 Å². The summed E-state index contributed by atoms with van der Waals surface area (Å²) in [5, 5.41) is 2.89. The predicted octanol–water partition coefficient (Wildman–Crippen LogP) is 3.77. The molecule has 0 aliphatic rings. The molecule has 166 valence electrons. The molecule has 0 bridgehead atoms. The molecule has 4 rings (SSSR count). The van der Waals surface area contributed by atoms with Gasteiger partial charge in [-0.1, -0.05) is 18.2 Å². The Bertz CT molecular complexity index is 1230. The number of benzene rings is 1. The van der Waals surface area contributed by atoms with Crippen LogP contribution in [0.15, 0.2) is 48.9 Å². The largest absolute Gasteiger partial charge is 0.450 e. The summed E-state index contributed by atoms with van der Waals surface area (Å²) < 4.78 is 9.20. The van der Waals surface area contributed by atoms with E-state index in [0.717, 1.165) is 23.2 Å². The number of aromatic nitrogens is 5. The SMILES string of the molecule is Cn1cccc1-c1cccc(CNC(=O)OCCCCn2cnc3c(N)nc(Cl)nc32)c1. The van der Waals surface area contributed by atoms with Crippen molar-refractivity contribution < 1.29 is 9.53 Å². The van der Waals surface area contributed by atoms with Crippen molar-refractivity contribution in [3.8, 4) is 11.3 Å². The van der Waals surface area contributed by atoms with Gasteiger partial charge in [0.25, 0.3) is 0 Å². The second-order valence-corrected chi connectivity index (χ2v) is 7.73. The summed E-state index contributed by atoms with van der Waals surface area (Å²) in [6, 6.07) is 12.1. The van der Waals surface area contributed by atoms with Crippen LogP contribution < -0.4 is 11.1 Å². The Labute approximate surface area is 190 Å². The second-order valence-electron chi connectivity index (χ2n) is 7.39. The number of rotatable bonds is 8. The number of carbonyl (C=O) groups excluding carboxylic acids is 1. The Morgan fingerprint density at radius 1 is 1.22 bits per heavy atom. The topological polar surface area (TPSA) is 113 Å². The molecule has 32 heavy (non-hydrogen) atoms. The summed E-state index contributed by atoms with van der Waals surface area (Å²) in [7, 11) is 2.01. The zero-order valence-corrected chi connectivity index (χ0v) is 18.4. The summed E-state index contributed by atoms with van der Waals surface area (Å²) in [4.78, 5) is 24.3. The van der Waals surface area contributed by atoms with Gasteiger partial charge >= 0.3 is 6.09 Å². The van der Waals surface area contributed by atoms with E-state index in [2.05, 4.69) is 43.0 Å². The Kier molecular flexibility index (Phi) is 6.55.